The van der Waals surface area contributed by atoms with Crippen molar-refractivity contribution in [3.05, 3.63) is 72.1 Å². The van der Waals surface area contributed by atoms with E-state index in [4.69, 9.17) is 4.74 Å². The van der Waals surface area contributed by atoms with E-state index in [-0.39, 0.29) is 5.97 Å². The number of cyclic esters (lactones) is 1. The van der Waals surface area contributed by atoms with Crippen molar-refractivity contribution in [3.63, 3.8) is 0 Å². The Bertz CT molecular complexity index is 1540. The van der Waals surface area contributed by atoms with Gasteiger partial charge in [-0.1, -0.05) is 36.4 Å². The van der Waals surface area contributed by atoms with E-state index < -0.39 is 11.8 Å². The Morgan fingerprint density at radius 3 is 1.80 bits per heavy atom. The average Bonchev–Trinajstić information content (AvgIpc) is 3.49. The smallest absolute Gasteiger partial charge is 0.305 e. The van der Waals surface area contributed by atoms with E-state index in [0.29, 0.717) is 37.3 Å². The molecular formula is C28H25N3O4. The average molecular weight is 468 g/mol. The highest BCUT2D eigenvalue weighted by atomic mass is 16.5. The second-order valence-corrected chi connectivity index (χ2v) is 9.09. The largest absolute Gasteiger partial charge is 0.466 e. The molecule has 0 fully saturated rings. The number of hydrogen-bond acceptors (Lipinski definition) is 4. The first kappa shape index (κ1) is 21.4. The number of rotatable bonds is 0. The summed E-state index contributed by atoms with van der Waals surface area (Å²) in [5, 5.41) is 4.56. The quantitative estimate of drug-likeness (QED) is 0.309. The van der Waals surface area contributed by atoms with Gasteiger partial charge in [0.2, 0.25) is 0 Å². The van der Waals surface area contributed by atoms with Gasteiger partial charge in [0.25, 0.3) is 11.8 Å². The second-order valence-electron chi connectivity index (χ2n) is 9.09. The summed E-state index contributed by atoms with van der Waals surface area (Å²) in [6, 6.07) is 15.8. The minimum Gasteiger partial charge on any atom is -0.466 e. The topological polar surface area (TPSA) is 82.3 Å². The van der Waals surface area contributed by atoms with Gasteiger partial charge in [-0.05, 0) is 55.4 Å². The Kier molecular flexibility index (Phi) is 5.25. The van der Waals surface area contributed by atoms with Gasteiger partial charge >= 0.3 is 5.97 Å². The summed E-state index contributed by atoms with van der Waals surface area (Å²) in [4.78, 5) is 38.6. The zero-order valence-corrected chi connectivity index (χ0v) is 19.3. The number of nitrogens with zero attached hydrogens (tertiary/aromatic N) is 2. The lowest BCUT2D eigenvalue weighted by Crippen LogP contribution is -2.24. The van der Waals surface area contributed by atoms with Gasteiger partial charge in [0.05, 0.1) is 17.6 Å². The Labute approximate surface area is 202 Å². The summed E-state index contributed by atoms with van der Waals surface area (Å²) >= 11 is 0. The first-order valence-electron chi connectivity index (χ1n) is 12.1. The van der Waals surface area contributed by atoms with Crippen LogP contribution in [-0.2, 0) is 32.0 Å². The number of amides is 2. The van der Waals surface area contributed by atoms with Crippen molar-refractivity contribution in [3.8, 4) is 0 Å². The molecular weight excluding hydrogens is 442 g/mol. The normalized spacial score (nSPS) is 17.4. The van der Waals surface area contributed by atoms with Crippen LogP contribution in [0.3, 0.4) is 0 Å². The summed E-state index contributed by atoms with van der Waals surface area (Å²) in [5.74, 6) is -1.01. The molecule has 2 amide bonds. The van der Waals surface area contributed by atoms with Crippen LogP contribution >= 0.6 is 0 Å². The van der Waals surface area contributed by atoms with Crippen LogP contribution in [0.2, 0.25) is 0 Å². The number of aryl methyl sites for hydroxylation is 2. The molecule has 6 rings (SSSR count). The van der Waals surface area contributed by atoms with Gasteiger partial charge in [-0.3, -0.25) is 19.7 Å². The van der Waals surface area contributed by atoms with Crippen LogP contribution in [0.5, 0.6) is 0 Å². The molecule has 0 saturated heterocycles. The fourth-order valence-electron chi connectivity index (χ4n) is 5.25. The van der Waals surface area contributed by atoms with Crippen LogP contribution < -0.4 is 5.32 Å². The Hall–Kier alpha value is -4.13. The van der Waals surface area contributed by atoms with Crippen molar-refractivity contribution in [1.82, 2.24) is 14.5 Å². The molecule has 4 bridgehead atoms. The van der Waals surface area contributed by atoms with E-state index >= 15 is 0 Å². The predicted molar refractivity (Wildman–Crippen MR) is 133 cm³/mol. The molecule has 0 atom stereocenters. The van der Waals surface area contributed by atoms with E-state index in [2.05, 4.69) is 5.32 Å². The number of aromatic nitrogens is 2. The van der Waals surface area contributed by atoms with Gasteiger partial charge in [0.1, 0.15) is 11.4 Å². The van der Waals surface area contributed by atoms with E-state index in [1.807, 2.05) is 70.1 Å². The standard InChI is InChI=1S/C28H25N3O4/c32-24-14-7-9-19-17-31(23-13-4-2-11-21(19)23)26-25(27(33)29-28(26)34)30-16-18(8-5-6-15-35-24)20-10-1-3-12-22(20)30/h1-4,10-13,16-17H,5-9,14-15H2,(H,29,33,34). The van der Waals surface area contributed by atoms with Crippen molar-refractivity contribution in [2.75, 3.05) is 6.61 Å². The Morgan fingerprint density at radius 1 is 0.657 bits per heavy atom. The molecule has 0 radical (unpaired) electrons. The van der Waals surface area contributed by atoms with Crippen molar-refractivity contribution >= 4 is 51.0 Å². The van der Waals surface area contributed by atoms with Gasteiger partial charge < -0.3 is 13.9 Å². The highest BCUT2D eigenvalue weighted by Gasteiger charge is 2.35. The lowest BCUT2D eigenvalue weighted by atomic mass is 10.1. The van der Waals surface area contributed by atoms with Gasteiger partial charge in [-0.25, -0.2) is 0 Å². The van der Waals surface area contributed by atoms with Gasteiger partial charge in [-0.2, -0.15) is 0 Å². The number of carbonyl (C=O) groups excluding carboxylic acids is 3. The number of ether oxygens (including phenoxy) is 1. The first-order chi connectivity index (χ1) is 17.1. The van der Waals surface area contributed by atoms with Gasteiger partial charge in [-0.15, -0.1) is 0 Å². The molecule has 2 aromatic heterocycles. The molecule has 0 unspecified atom stereocenters. The summed E-state index contributed by atoms with van der Waals surface area (Å²) < 4.78 is 9.13. The molecule has 1 N–H and O–H groups in total. The van der Waals surface area contributed by atoms with Crippen molar-refractivity contribution in [2.24, 2.45) is 0 Å². The molecule has 0 aliphatic carbocycles. The van der Waals surface area contributed by atoms with E-state index in [0.717, 1.165) is 52.2 Å². The minimum absolute atomic E-state index is 0.180. The number of fused-ring (bicyclic) bond motifs is 12. The predicted octanol–water partition coefficient (Wildman–Crippen LogP) is 4.28. The zero-order chi connectivity index (χ0) is 23.9. The Balaban J connectivity index is 1.61. The molecule has 2 aliphatic heterocycles. The fourth-order valence-corrected chi connectivity index (χ4v) is 5.25. The number of esters is 1. The van der Waals surface area contributed by atoms with Crippen LogP contribution in [0.1, 0.15) is 36.8 Å². The third kappa shape index (κ3) is 3.64. The highest BCUT2D eigenvalue weighted by Crippen LogP contribution is 2.34. The number of benzene rings is 2. The third-order valence-corrected chi connectivity index (χ3v) is 6.88. The molecule has 7 heteroatoms. The molecule has 2 aromatic carbocycles. The van der Waals surface area contributed by atoms with Gasteiger partial charge in [0.15, 0.2) is 0 Å². The molecule has 0 saturated carbocycles. The molecule has 4 aromatic rings. The maximum atomic E-state index is 13.2. The molecule has 2 aliphatic rings. The van der Waals surface area contributed by atoms with Crippen molar-refractivity contribution in [2.45, 2.75) is 38.5 Å². The number of para-hydroxylation sites is 2. The summed E-state index contributed by atoms with van der Waals surface area (Å²) in [5.41, 5.74) is 4.48. The van der Waals surface area contributed by atoms with Crippen LogP contribution in [-0.4, -0.2) is 33.5 Å². The molecule has 7 nitrogen and oxygen atoms in total. The first-order valence-corrected chi connectivity index (χ1v) is 12.1. The van der Waals surface area contributed by atoms with Crippen LogP contribution in [0.15, 0.2) is 60.9 Å². The second kappa shape index (κ2) is 8.58. The van der Waals surface area contributed by atoms with Gasteiger partial charge in [0, 0.05) is 29.6 Å². The third-order valence-electron chi connectivity index (χ3n) is 6.88. The van der Waals surface area contributed by atoms with E-state index in [1.165, 1.54) is 0 Å². The monoisotopic (exact) mass is 467 g/mol. The molecule has 176 valence electrons. The number of hydrogen-bond donors (Lipinski definition) is 1. The summed E-state index contributed by atoms with van der Waals surface area (Å²) in [6.07, 6.45) is 7.95. The van der Waals surface area contributed by atoms with E-state index in [9.17, 15) is 14.4 Å². The minimum atomic E-state index is -0.418. The number of imide groups is 1. The Morgan fingerprint density at radius 2 is 1.20 bits per heavy atom. The number of nitrogens with one attached hydrogen (secondary N) is 1. The van der Waals surface area contributed by atoms with Crippen LogP contribution in [0, 0.1) is 0 Å². The lowest BCUT2D eigenvalue weighted by molar-refractivity contribution is -0.143. The van der Waals surface area contributed by atoms with Crippen LogP contribution in [0.25, 0.3) is 33.2 Å². The number of carbonyl (C=O) groups is 3. The van der Waals surface area contributed by atoms with Crippen molar-refractivity contribution in [1.29, 1.82) is 0 Å². The van der Waals surface area contributed by atoms with E-state index in [1.54, 1.807) is 0 Å². The fraction of sp³-hybridized carbons (Fsp3) is 0.250. The molecule has 35 heavy (non-hydrogen) atoms. The lowest BCUT2D eigenvalue weighted by Gasteiger charge is -2.09. The highest BCUT2D eigenvalue weighted by molar-refractivity contribution is 6.44. The maximum absolute atomic E-state index is 13.2. The van der Waals surface area contributed by atoms with Crippen LogP contribution in [0.4, 0.5) is 0 Å². The molecule has 0 spiro atoms. The molecule has 4 heterocycles. The SMILES string of the molecule is O=C1CCCc2cn(c3ccccc23)C2=C(C(=O)NC2=O)n2cc(c3ccccc32)CCCCO1. The summed E-state index contributed by atoms with van der Waals surface area (Å²) in [7, 11) is 0. The summed E-state index contributed by atoms with van der Waals surface area (Å²) in [6.45, 7) is 0.406. The zero-order valence-electron chi connectivity index (χ0n) is 19.3. The maximum Gasteiger partial charge on any atom is 0.305 e. The van der Waals surface area contributed by atoms with Crippen molar-refractivity contribution < 1.29 is 19.1 Å².